The minimum atomic E-state index is 0.903. The van der Waals surface area contributed by atoms with Gasteiger partial charge in [-0.1, -0.05) is 29.3 Å². The minimum Gasteiger partial charge on any atom is -0.320 e. The Balaban J connectivity index is 2.45. The molecule has 0 amide bonds. The van der Waals surface area contributed by atoms with Gasteiger partial charge >= 0.3 is 0 Å². The Labute approximate surface area is 91.5 Å². The van der Waals surface area contributed by atoms with Crippen LogP contribution in [-0.2, 0) is 6.42 Å². The van der Waals surface area contributed by atoms with Crippen LogP contribution < -0.4 is 5.32 Å². The summed E-state index contributed by atoms with van der Waals surface area (Å²) in [5, 5.41) is 4.05. The first-order chi connectivity index (χ1) is 6.74. The van der Waals surface area contributed by atoms with Gasteiger partial charge in [-0.2, -0.15) is 0 Å². The molecule has 0 saturated carbocycles. The Morgan fingerprint density at radius 2 is 2.07 bits per heavy atom. The minimum absolute atomic E-state index is 0.903. The highest BCUT2D eigenvalue weighted by Crippen LogP contribution is 2.19. The fraction of sp³-hybridized carbons (Fsp3) is 0.500. The van der Waals surface area contributed by atoms with Crippen LogP contribution in [0.2, 0.25) is 5.02 Å². The first-order valence-electron chi connectivity index (χ1n) is 5.13. The molecule has 0 aliphatic carbocycles. The highest BCUT2D eigenvalue weighted by Gasteiger charge is 1.99. The molecular formula is C12H18ClN. The van der Waals surface area contributed by atoms with Crippen molar-refractivity contribution in [2.45, 2.75) is 26.2 Å². The van der Waals surface area contributed by atoms with E-state index < -0.39 is 0 Å². The Morgan fingerprint density at radius 3 is 2.79 bits per heavy atom. The number of benzene rings is 1. The zero-order valence-corrected chi connectivity index (χ0v) is 9.69. The largest absolute Gasteiger partial charge is 0.320 e. The predicted molar refractivity (Wildman–Crippen MR) is 63.1 cm³/mol. The third-order valence-electron chi connectivity index (χ3n) is 2.32. The molecule has 0 fully saturated rings. The van der Waals surface area contributed by atoms with E-state index in [2.05, 4.69) is 24.4 Å². The van der Waals surface area contributed by atoms with E-state index in [1.807, 2.05) is 13.1 Å². The maximum Gasteiger partial charge on any atom is 0.0438 e. The lowest BCUT2D eigenvalue weighted by molar-refractivity contribution is 0.677. The lowest BCUT2D eigenvalue weighted by Gasteiger charge is -2.05. The number of hydrogen-bond acceptors (Lipinski definition) is 1. The van der Waals surface area contributed by atoms with Gasteiger partial charge in [0.1, 0.15) is 0 Å². The van der Waals surface area contributed by atoms with Gasteiger partial charge in [0.2, 0.25) is 0 Å². The molecule has 14 heavy (non-hydrogen) atoms. The number of rotatable bonds is 5. The zero-order valence-electron chi connectivity index (χ0n) is 8.94. The van der Waals surface area contributed by atoms with Crippen molar-refractivity contribution in [3.63, 3.8) is 0 Å². The molecule has 2 heteroatoms. The van der Waals surface area contributed by atoms with Gasteiger partial charge in [0.25, 0.3) is 0 Å². The molecule has 0 unspecified atom stereocenters. The van der Waals surface area contributed by atoms with Crippen LogP contribution in [-0.4, -0.2) is 13.6 Å². The summed E-state index contributed by atoms with van der Waals surface area (Å²) in [7, 11) is 1.99. The third-order valence-corrected chi connectivity index (χ3v) is 2.69. The molecule has 0 saturated heterocycles. The molecule has 1 nitrogen and oxygen atoms in total. The molecule has 1 N–H and O–H groups in total. The van der Waals surface area contributed by atoms with Crippen LogP contribution in [0.5, 0.6) is 0 Å². The normalized spacial score (nSPS) is 10.5. The molecule has 0 aliphatic rings. The van der Waals surface area contributed by atoms with Gasteiger partial charge in [-0.05, 0) is 51.4 Å². The van der Waals surface area contributed by atoms with Gasteiger partial charge in [-0.15, -0.1) is 0 Å². The molecule has 0 aromatic heterocycles. The molecule has 0 bridgehead atoms. The van der Waals surface area contributed by atoms with E-state index in [-0.39, 0.29) is 0 Å². The van der Waals surface area contributed by atoms with Gasteiger partial charge in [-0.3, -0.25) is 0 Å². The summed E-state index contributed by atoms with van der Waals surface area (Å²) in [5.41, 5.74) is 2.57. The Bertz CT molecular complexity index is 284. The van der Waals surface area contributed by atoms with Crippen molar-refractivity contribution in [3.05, 3.63) is 34.3 Å². The van der Waals surface area contributed by atoms with Gasteiger partial charge in [-0.25, -0.2) is 0 Å². The number of unbranched alkanes of at least 4 members (excludes halogenated alkanes) is 1. The summed E-state index contributed by atoms with van der Waals surface area (Å²) in [4.78, 5) is 0. The van der Waals surface area contributed by atoms with Gasteiger partial charge < -0.3 is 5.32 Å². The third kappa shape index (κ3) is 3.69. The monoisotopic (exact) mass is 211 g/mol. The van der Waals surface area contributed by atoms with E-state index in [1.165, 1.54) is 24.0 Å². The molecule has 0 atom stereocenters. The summed E-state index contributed by atoms with van der Waals surface area (Å²) in [6, 6.07) is 6.23. The van der Waals surface area contributed by atoms with E-state index in [9.17, 15) is 0 Å². The Morgan fingerprint density at radius 1 is 1.29 bits per heavy atom. The second-order valence-electron chi connectivity index (χ2n) is 3.66. The summed E-state index contributed by atoms with van der Waals surface area (Å²) in [6.07, 6.45) is 3.49. The van der Waals surface area contributed by atoms with Crippen molar-refractivity contribution >= 4 is 11.6 Å². The van der Waals surface area contributed by atoms with Gasteiger partial charge in [0.15, 0.2) is 0 Å². The van der Waals surface area contributed by atoms with Crippen LogP contribution in [0.1, 0.15) is 24.0 Å². The van der Waals surface area contributed by atoms with Crippen LogP contribution in [0.4, 0.5) is 0 Å². The smallest absolute Gasteiger partial charge is 0.0438 e. The van der Waals surface area contributed by atoms with Crippen molar-refractivity contribution in [2.24, 2.45) is 0 Å². The maximum absolute atomic E-state index is 6.09. The second kappa shape index (κ2) is 6.05. The number of hydrogen-bond donors (Lipinski definition) is 1. The van der Waals surface area contributed by atoms with Crippen LogP contribution in [0, 0.1) is 6.92 Å². The predicted octanol–water partition coefficient (Wildman–Crippen LogP) is 3.19. The maximum atomic E-state index is 6.09. The van der Waals surface area contributed by atoms with E-state index in [0.29, 0.717) is 0 Å². The molecule has 1 aromatic carbocycles. The van der Waals surface area contributed by atoms with Crippen molar-refractivity contribution in [3.8, 4) is 0 Å². The quantitative estimate of drug-likeness (QED) is 0.738. The van der Waals surface area contributed by atoms with Crippen LogP contribution in [0.25, 0.3) is 0 Å². The van der Waals surface area contributed by atoms with Crippen LogP contribution in [0.15, 0.2) is 18.2 Å². The average Bonchev–Trinajstić information content (AvgIpc) is 2.18. The highest BCUT2D eigenvalue weighted by atomic mass is 35.5. The second-order valence-corrected chi connectivity index (χ2v) is 4.06. The number of nitrogens with one attached hydrogen (secondary N) is 1. The first-order valence-corrected chi connectivity index (χ1v) is 5.51. The van der Waals surface area contributed by atoms with Crippen molar-refractivity contribution in [1.82, 2.24) is 5.32 Å². The van der Waals surface area contributed by atoms with Gasteiger partial charge in [0, 0.05) is 5.02 Å². The van der Waals surface area contributed by atoms with E-state index in [0.717, 1.165) is 18.0 Å². The van der Waals surface area contributed by atoms with Crippen molar-refractivity contribution < 1.29 is 0 Å². The number of halogens is 1. The first kappa shape index (κ1) is 11.5. The average molecular weight is 212 g/mol. The molecule has 1 aromatic rings. The Hall–Kier alpha value is -0.530. The SMILES string of the molecule is CNCCCCc1cc(C)ccc1Cl. The van der Waals surface area contributed by atoms with Gasteiger partial charge in [0.05, 0.1) is 0 Å². The van der Waals surface area contributed by atoms with Crippen molar-refractivity contribution in [1.29, 1.82) is 0 Å². The topological polar surface area (TPSA) is 12.0 Å². The lowest BCUT2D eigenvalue weighted by Crippen LogP contribution is -2.07. The molecule has 1 rings (SSSR count). The fourth-order valence-corrected chi connectivity index (χ4v) is 1.72. The number of aryl methyl sites for hydroxylation is 2. The molecule has 0 heterocycles. The Kier molecular flexibility index (Phi) is 4.99. The summed E-state index contributed by atoms with van der Waals surface area (Å²) < 4.78 is 0. The summed E-state index contributed by atoms with van der Waals surface area (Å²) >= 11 is 6.09. The van der Waals surface area contributed by atoms with Crippen LogP contribution >= 0.6 is 11.6 Å². The molecular weight excluding hydrogens is 194 g/mol. The summed E-state index contributed by atoms with van der Waals surface area (Å²) in [5.74, 6) is 0. The standard InChI is InChI=1S/C12H18ClN/c1-10-6-7-12(13)11(9-10)5-3-4-8-14-2/h6-7,9,14H,3-5,8H2,1-2H3. The zero-order chi connectivity index (χ0) is 10.4. The van der Waals surface area contributed by atoms with Crippen LogP contribution in [0.3, 0.4) is 0 Å². The molecule has 0 spiro atoms. The van der Waals surface area contributed by atoms with Crippen molar-refractivity contribution in [2.75, 3.05) is 13.6 Å². The lowest BCUT2D eigenvalue weighted by atomic mass is 10.1. The van der Waals surface area contributed by atoms with E-state index in [1.54, 1.807) is 0 Å². The van der Waals surface area contributed by atoms with E-state index >= 15 is 0 Å². The molecule has 0 aliphatic heterocycles. The molecule has 78 valence electrons. The highest BCUT2D eigenvalue weighted by molar-refractivity contribution is 6.31. The van der Waals surface area contributed by atoms with E-state index in [4.69, 9.17) is 11.6 Å². The summed E-state index contributed by atoms with van der Waals surface area (Å²) in [6.45, 7) is 3.19. The fourth-order valence-electron chi connectivity index (χ4n) is 1.51. The molecule has 0 radical (unpaired) electrons.